The molecule has 0 bridgehead atoms. The second-order valence-corrected chi connectivity index (χ2v) is 8.23. The molecule has 1 amide bonds. The van der Waals surface area contributed by atoms with E-state index in [1.165, 1.54) is 6.42 Å². The third-order valence-electron chi connectivity index (χ3n) is 6.23. The third kappa shape index (κ3) is 3.42. The van der Waals surface area contributed by atoms with Gasteiger partial charge in [0.1, 0.15) is 22.7 Å². The van der Waals surface area contributed by atoms with E-state index in [0.29, 0.717) is 11.6 Å². The summed E-state index contributed by atoms with van der Waals surface area (Å²) < 4.78 is 5.64. The van der Waals surface area contributed by atoms with Gasteiger partial charge in [-0.25, -0.2) is 4.98 Å². The average Bonchev–Trinajstić information content (AvgIpc) is 3.17. The molecule has 3 heterocycles. The van der Waals surface area contributed by atoms with E-state index in [1.807, 2.05) is 35.2 Å². The van der Waals surface area contributed by atoms with Gasteiger partial charge < -0.3 is 14.3 Å². The summed E-state index contributed by atoms with van der Waals surface area (Å²) in [7, 11) is 0. The van der Waals surface area contributed by atoms with Gasteiger partial charge in [-0.05, 0) is 19.3 Å². The Morgan fingerprint density at radius 3 is 2.53 bits per heavy atom. The van der Waals surface area contributed by atoms with Crippen LogP contribution in [0.2, 0.25) is 0 Å². The number of amides is 1. The zero-order valence-corrected chi connectivity index (χ0v) is 17.4. The van der Waals surface area contributed by atoms with E-state index in [9.17, 15) is 4.79 Å². The molecule has 0 spiro atoms. The Balaban J connectivity index is 1.48. The van der Waals surface area contributed by atoms with Crippen molar-refractivity contribution in [2.45, 2.75) is 39.0 Å². The summed E-state index contributed by atoms with van der Waals surface area (Å²) in [6.07, 6.45) is 5.05. The minimum atomic E-state index is 0.251. The number of fused-ring (bicyclic) bond motifs is 1. The van der Waals surface area contributed by atoms with Crippen LogP contribution in [0.5, 0.6) is 0 Å². The summed E-state index contributed by atoms with van der Waals surface area (Å²) in [5.41, 5.74) is 2.30. The number of nitrogens with zero attached hydrogens (tertiary/aromatic N) is 5. The molecule has 1 aliphatic carbocycles. The second-order valence-electron chi connectivity index (χ2n) is 8.23. The molecule has 5 rings (SSSR count). The molecular weight excluding hydrogens is 378 g/mol. The van der Waals surface area contributed by atoms with Crippen LogP contribution in [-0.2, 0) is 11.2 Å². The van der Waals surface area contributed by atoms with Crippen LogP contribution in [0.15, 0.2) is 34.9 Å². The first-order valence-corrected chi connectivity index (χ1v) is 11.0. The predicted octanol–water partition coefficient (Wildman–Crippen LogP) is 3.69. The molecule has 2 fully saturated rings. The standard InChI is InChI=1S/C23H27N5O2/c1-2-7-18-24-21(27-12-14-28(15-13-27)23(29)17-10-6-11-17)19-20(26-30-22(19)25-18)16-8-4-3-5-9-16/h3-5,8-9,17H,2,6-7,10-15H2,1H3. The number of carbonyl (C=O) groups is 1. The van der Waals surface area contributed by atoms with Crippen molar-refractivity contribution >= 4 is 22.8 Å². The molecule has 3 aromatic rings. The van der Waals surface area contributed by atoms with E-state index < -0.39 is 0 Å². The molecule has 2 aliphatic rings. The Labute approximate surface area is 176 Å². The molecule has 2 aromatic heterocycles. The van der Waals surface area contributed by atoms with Crippen LogP contribution in [0.25, 0.3) is 22.4 Å². The van der Waals surface area contributed by atoms with Crippen LogP contribution in [0.3, 0.4) is 0 Å². The first-order valence-electron chi connectivity index (χ1n) is 11.0. The van der Waals surface area contributed by atoms with E-state index in [-0.39, 0.29) is 5.92 Å². The molecule has 1 saturated heterocycles. The van der Waals surface area contributed by atoms with Crippen molar-refractivity contribution in [2.24, 2.45) is 5.92 Å². The van der Waals surface area contributed by atoms with Gasteiger partial charge in [0.15, 0.2) is 0 Å². The van der Waals surface area contributed by atoms with Gasteiger partial charge in [0, 0.05) is 44.1 Å². The lowest BCUT2D eigenvalue weighted by Gasteiger charge is -2.38. The van der Waals surface area contributed by atoms with Crippen molar-refractivity contribution in [1.29, 1.82) is 0 Å². The van der Waals surface area contributed by atoms with E-state index in [0.717, 1.165) is 80.1 Å². The van der Waals surface area contributed by atoms with Crippen LogP contribution in [0, 0.1) is 5.92 Å². The summed E-state index contributed by atoms with van der Waals surface area (Å²) in [5, 5.41) is 5.20. The van der Waals surface area contributed by atoms with E-state index in [2.05, 4.69) is 22.0 Å². The van der Waals surface area contributed by atoms with Crippen LogP contribution in [0.4, 0.5) is 5.82 Å². The Hall–Kier alpha value is -2.96. The highest BCUT2D eigenvalue weighted by Crippen LogP contribution is 2.35. The number of carbonyl (C=O) groups excluding carboxylic acids is 1. The highest BCUT2D eigenvalue weighted by atomic mass is 16.5. The number of piperazine rings is 1. The lowest BCUT2D eigenvalue weighted by Crippen LogP contribution is -2.51. The van der Waals surface area contributed by atoms with Gasteiger partial charge in [0.2, 0.25) is 5.91 Å². The highest BCUT2D eigenvalue weighted by Gasteiger charge is 2.32. The quantitative estimate of drug-likeness (QED) is 0.644. The van der Waals surface area contributed by atoms with Crippen molar-refractivity contribution in [3.8, 4) is 11.3 Å². The van der Waals surface area contributed by atoms with Crippen LogP contribution in [0.1, 0.15) is 38.4 Å². The lowest BCUT2D eigenvalue weighted by atomic mass is 9.84. The fourth-order valence-electron chi connectivity index (χ4n) is 4.29. The Morgan fingerprint density at radius 2 is 1.87 bits per heavy atom. The maximum atomic E-state index is 12.6. The van der Waals surface area contributed by atoms with Gasteiger partial charge in [0.25, 0.3) is 5.71 Å². The Bertz CT molecular complexity index is 1040. The molecule has 0 radical (unpaired) electrons. The van der Waals surface area contributed by atoms with Gasteiger partial charge in [-0.1, -0.05) is 48.8 Å². The molecule has 0 N–H and O–H groups in total. The largest absolute Gasteiger partial charge is 0.352 e. The van der Waals surface area contributed by atoms with Crippen molar-refractivity contribution in [2.75, 3.05) is 31.1 Å². The average molecular weight is 406 g/mol. The summed E-state index contributed by atoms with van der Waals surface area (Å²) in [6, 6.07) is 10.0. The number of hydrogen-bond acceptors (Lipinski definition) is 6. The van der Waals surface area contributed by atoms with Gasteiger partial charge in [-0.3, -0.25) is 4.79 Å². The molecule has 7 nitrogen and oxygen atoms in total. The fraction of sp³-hybridized carbons (Fsp3) is 0.478. The number of hydrogen-bond donors (Lipinski definition) is 0. The summed E-state index contributed by atoms with van der Waals surface area (Å²) in [5.74, 6) is 2.24. The summed E-state index contributed by atoms with van der Waals surface area (Å²) in [4.78, 5) is 26.5. The van der Waals surface area contributed by atoms with Gasteiger partial charge in [0.05, 0.1) is 0 Å². The number of benzene rings is 1. The normalized spacial score (nSPS) is 17.4. The molecule has 1 saturated carbocycles. The number of aryl methyl sites for hydroxylation is 1. The zero-order valence-electron chi connectivity index (χ0n) is 17.4. The zero-order chi connectivity index (χ0) is 20.5. The van der Waals surface area contributed by atoms with Crippen LogP contribution in [-0.4, -0.2) is 52.1 Å². The smallest absolute Gasteiger partial charge is 0.263 e. The maximum Gasteiger partial charge on any atom is 0.263 e. The molecule has 1 aliphatic heterocycles. The maximum absolute atomic E-state index is 12.6. The van der Waals surface area contributed by atoms with E-state index >= 15 is 0 Å². The minimum Gasteiger partial charge on any atom is -0.352 e. The predicted molar refractivity (Wildman–Crippen MR) is 115 cm³/mol. The molecule has 30 heavy (non-hydrogen) atoms. The minimum absolute atomic E-state index is 0.251. The Morgan fingerprint density at radius 1 is 1.10 bits per heavy atom. The molecule has 0 unspecified atom stereocenters. The van der Waals surface area contributed by atoms with Crippen LogP contribution < -0.4 is 4.90 Å². The van der Waals surface area contributed by atoms with Gasteiger partial charge in [-0.15, -0.1) is 0 Å². The molecule has 156 valence electrons. The Kier molecular flexibility index (Phi) is 5.11. The lowest BCUT2D eigenvalue weighted by molar-refractivity contribution is -0.138. The molecule has 7 heteroatoms. The van der Waals surface area contributed by atoms with Gasteiger partial charge >= 0.3 is 0 Å². The van der Waals surface area contributed by atoms with Crippen molar-refractivity contribution in [3.63, 3.8) is 0 Å². The highest BCUT2D eigenvalue weighted by molar-refractivity contribution is 5.98. The van der Waals surface area contributed by atoms with E-state index in [1.54, 1.807) is 0 Å². The number of rotatable bonds is 5. The van der Waals surface area contributed by atoms with Crippen molar-refractivity contribution in [1.82, 2.24) is 20.0 Å². The van der Waals surface area contributed by atoms with Crippen LogP contribution >= 0.6 is 0 Å². The van der Waals surface area contributed by atoms with E-state index in [4.69, 9.17) is 9.51 Å². The topological polar surface area (TPSA) is 75.4 Å². The third-order valence-corrected chi connectivity index (χ3v) is 6.23. The fourth-order valence-corrected chi connectivity index (χ4v) is 4.29. The summed E-state index contributed by atoms with van der Waals surface area (Å²) >= 11 is 0. The monoisotopic (exact) mass is 405 g/mol. The summed E-state index contributed by atoms with van der Waals surface area (Å²) in [6.45, 7) is 5.10. The van der Waals surface area contributed by atoms with Gasteiger partial charge in [-0.2, -0.15) is 4.98 Å². The molecular formula is C23H27N5O2. The number of anilines is 1. The second kappa shape index (κ2) is 8.05. The molecule has 1 aromatic carbocycles. The first-order chi connectivity index (χ1) is 14.7. The number of aromatic nitrogens is 3. The van der Waals surface area contributed by atoms with Crippen molar-refractivity contribution in [3.05, 3.63) is 36.2 Å². The van der Waals surface area contributed by atoms with Crippen molar-refractivity contribution < 1.29 is 9.32 Å². The molecule has 0 atom stereocenters. The SMILES string of the molecule is CCCc1nc(N2CCN(C(=O)C3CCC3)CC2)c2c(-c3ccccc3)noc2n1. The first kappa shape index (κ1) is 19.0.